The Kier molecular flexibility index (Phi) is 9.40. The van der Waals surface area contributed by atoms with Gasteiger partial charge in [-0.05, 0) is 116 Å². The zero-order chi connectivity index (χ0) is 28.5. The van der Waals surface area contributed by atoms with Gasteiger partial charge >= 0.3 is 0 Å². The predicted molar refractivity (Wildman–Crippen MR) is 153 cm³/mol. The van der Waals surface area contributed by atoms with Crippen LogP contribution in [0, 0.1) is 71.0 Å². The Labute approximate surface area is 232 Å². The topological polar surface area (TPSA) is 78.8 Å². The quantitative estimate of drug-likeness (QED) is 0.442. The largest absolute Gasteiger partial charge is 0.400 e. The first kappa shape index (κ1) is 31.0. The highest BCUT2D eigenvalue weighted by Crippen LogP contribution is 2.87. The summed E-state index contributed by atoms with van der Waals surface area (Å²) in [6.45, 7) is 9.70. The Balaban J connectivity index is 0.000000625. The second kappa shape index (κ2) is 11.5. The number of carbonyl (C=O) groups is 1. The van der Waals surface area contributed by atoms with Crippen LogP contribution < -0.4 is 5.32 Å². The number of hydrogen-bond donors (Lipinski definition) is 3. The molecule has 5 saturated carbocycles. The van der Waals surface area contributed by atoms with E-state index in [9.17, 15) is 9.90 Å². The lowest BCUT2D eigenvalue weighted by Gasteiger charge is -2.59. The summed E-state index contributed by atoms with van der Waals surface area (Å²) in [4.78, 5) is 11.2. The standard InChI is InChI=1S/C28H45NO3.2C2H2.CH4O/c1-17(30)29-14-10-18-5-6-20-22(32-18)15-21-19-7-8-23-25(2,3)24(31)9-11-28(23)16-27(19,28)13-12-26(20,21)4;3*1-2/h18-24,31H,5-16H2,1-4H3,(H,29,30);2*1-2H;2H,1H3/t18?,19?,20?,21?,22?,23?,24-,26+,27-,28+;;;/m0.../s1. The Morgan fingerprint density at radius 1 is 0.895 bits per heavy atom. The van der Waals surface area contributed by atoms with Crippen LogP contribution in [0.5, 0.6) is 0 Å². The summed E-state index contributed by atoms with van der Waals surface area (Å²) >= 11 is 0. The maximum absolute atomic E-state index is 11.2. The number of aliphatic hydroxyl groups is 2. The number of hydrogen-bond acceptors (Lipinski definition) is 4. The van der Waals surface area contributed by atoms with Crippen LogP contribution in [-0.4, -0.2) is 48.1 Å². The molecule has 1 heterocycles. The number of rotatable bonds is 3. The summed E-state index contributed by atoms with van der Waals surface area (Å²) in [7, 11) is 1.00. The van der Waals surface area contributed by atoms with Crippen LogP contribution in [0.1, 0.15) is 98.3 Å². The fourth-order valence-corrected chi connectivity index (χ4v) is 10.9. The molecule has 1 aliphatic heterocycles. The van der Waals surface area contributed by atoms with Crippen molar-refractivity contribution in [3.63, 3.8) is 0 Å². The number of amides is 1. The number of aliphatic hydroxyl groups excluding tert-OH is 2. The van der Waals surface area contributed by atoms with E-state index in [0.29, 0.717) is 28.5 Å². The van der Waals surface area contributed by atoms with Crippen molar-refractivity contribution in [2.45, 2.75) is 117 Å². The van der Waals surface area contributed by atoms with Gasteiger partial charge in [0.25, 0.3) is 0 Å². The van der Waals surface area contributed by atoms with Crippen LogP contribution in [0.15, 0.2) is 0 Å². The summed E-state index contributed by atoms with van der Waals surface area (Å²) in [5, 5.41) is 20.8. The van der Waals surface area contributed by atoms with E-state index in [2.05, 4.69) is 51.8 Å². The average Bonchev–Trinajstić information content (AvgIpc) is 3.50. The molecule has 2 spiro atoms. The Hall–Kier alpha value is -1.53. The van der Waals surface area contributed by atoms with Crippen LogP contribution >= 0.6 is 0 Å². The molecule has 5 aliphatic carbocycles. The van der Waals surface area contributed by atoms with E-state index in [1.54, 1.807) is 6.92 Å². The summed E-state index contributed by atoms with van der Waals surface area (Å²) in [6, 6.07) is 0. The first-order chi connectivity index (χ1) is 18.1. The summed E-state index contributed by atoms with van der Waals surface area (Å²) in [5.41, 5.74) is 1.66. The number of terminal acetylenes is 2. The molecule has 38 heavy (non-hydrogen) atoms. The molecule has 6 fully saturated rings. The van der Waals surface area contributed by atoms with Crippen LogP contribution in [0.2, 0.25) is 0 Å². The molecule has 6 rings (SSSR count). The molecule has 5 heteroatoms. The lowest BCUT2D eigenvalue weighted by atomic mass is 9.46. The molecule has 0 radical (unpaired) electrons. The molecule has 0 aromatic carbocycles. The lowest BCUT2D eigenvalue weighted by Crippen LogP contribution is -2.54. The normalized spacial score (nSPS) is 46.6. The Morgan fingerprint density at radius 2 is 1.55 bits per heavy atom. The highest BCUT2D eigenvalue weighted by molar-refractivity contribution is 5.72. The van der Waals surface area contributed by atoms with E-state index >= 15 is 0 Å². The van der Waals surface area contributed by atoms with Gasteiger partial charge in [0.2, 0.25) is 5.91 Å². The minimum Gasteiger partial charge on any atom is -0.400 e. The van der Waals surface area contributed by atoms with Crippen molar-refractivity contribution in [1.29, 1.82) is 0 Å². The average molecular weight is 528 g/mol. The van der Waals surface area contributed by atoms with Gasteiger partial charge in [-0.15, -0.1) is 25.7 Å². The van der Waals surface area contributed by atoms with E-state index < -0.39 is 0 Å². The smallest absolute Gasteiger partial charge is 0.216 e. The molecule has 0 aromatic rings. The van der Waals surface area contributed by atoms with Gasteiger partial charge in [0.1, 0.15) is 0 Å². The maximum atomic E-state index is 11.2. The molecule has 6 aliphatic rings. The Morgan fingerprint density at radius 3 is 2.21 bits per heavy atom. The third kappa shape index (κ3) is 4.52. The molecule has 3 N–H and O–H groups in total. The van der Waals surface area contributed by atoms with Crippen molar-refractivity contribution in [1.82, 2.24) is 5.32 Å². The molecule has 0 bridgehead atoms. The van der Waals surface area contributed by atoms with Gasteiger partial charge in [0.15, 0.2) is 0 Å². The highest BCUT2D eigenvalue weighted by atomic mass is 16.5. The van der Waals surface area contributed by atoms with Gasteiger partial charge in [-0.2, -0.15) is 0 Å². The van der Waals surface area contributed by atoms with E-state index in [1.807, 2.05) is 0 Å². The van der Waals surface area contributed by atoms with Crippen LogP contribution in [0.3, 0.4) is 0 Å². The molecular weight excluding hydrogens is 474 g/mol. The van der Waals surface area contributed by atoms with Crippen LogP contribution in [0.25, 0.3) is 0 Å². The van der Waals surface area contributed by atoms with Crippen LogP contribution in [0.4, 0.5) is 0 Å². The van der Waals surface area contributed by atoms with Crippen molar-refractivity contribution in [3.05, 3.63) is 0 Å². The molecule has 5 nitrogen and oxygen atoms in total. The van der Waals surface area contributed by atoms with Gasteiger partial charge in [-0.25, -0.2) is 0 Å². The summed E-state index contributed by atoms with van der Waals surface area (Å²) < 4.78 is 6.74. The molecule has 10 atom stereocenters. The molecule has 6 unspecified atom stereocenters. The molecule has 1 amide bonds. The molecular formula is C33H53NO4. The number of fused-ring (bicyclic) bond motifs is 4. The van der Waals surface area contributed by atoms with E-state index in [1.165, 1.54) is 51.4 Å². The van der Waals surface area contributed by atoms with E-state index in [0.717, 1.165) is 56.6 Å². The first-order valence-corrected chi connectivity index (χ1v) is 14.8. The third-order valence-electron chi connectivity index (χ3n) is 12.5. The van der Waals surface area contributed by atoms with Gasteiger partial charge in [0, 0.05) is 20.6 Å². The zero-order valence-corrected chi connectivity index (χ0v) is 24.5. The number of carbonyl (C=O) groups excluding carboxylic acids is 1. The van der Waals surface area contributed by atoms with Gasteiger partial charge in [-0.1, -0.05) is 20.8 Å². The Bertz CT molecular complexity index is 875. The van der Waals surface area contributed by atoms with Gasteiger partial charge in [-0.3, -0.25) is 4.79 Å². The fourth-order valence-electron chi connectivity index (χ4n) is 10.9. The summed E-state index contributed by atoms with van der Waals surface area (Å²) in [6.07, 6.45) is 30.6. The molecule has 1 saturated heterocycles. The summed E-state index contributed by atoms with van der Waals surface area (Å²) in [5.74, 6) is 3.23. The van der Waals surface area contributed by atoms with Gasteiger partial charge < -0.3 is 20.3 Å². The lowest BCUT2D eigenvalue weighted by molar-refractivity contribution is -0.135. The van der Waals surface area contributed by atoms with Crippen molar-refractivity contribution in [3.8, 4) is 25.7 Å². The molecule has 214 valence electrons. The number of nitrogens with one attached hydrogen (secondary N) is 1. The van der Waals surface area contributed by atoms with Crippen molar-refractivity contribution in [2.24, 2.45) is 45.3 Å². The fraction of sp³-hybridized carbons (Fsp3) is 0.848. The predicted octanol–water partition coefficient (Wildman–Crippen LogP) is 5.19. The van der Waals surface area contributed by atoms with Gasteiger partial charge in [0.05, 0.1) is 18.3 Å². The second-order valence-corrected chi connectivity index (χ2v) is 13.7. The third-order valence-corrected chi connectivity index (χ3v) is 12.5. The minimum absolute atomic E-state index is 0.0655. The monoisotopic (exact) mass is 527 g/mol. The first-order valence-electron chi connectivity index (χ1n) is 14.8. The number of ether oxygens (including phenoxy) is 1. The second-order valence-electron chi connectivity index (χ2n) is 13.7. The van der Waals surface area contributed by atoms with Crippen molar-refractivity contribution < 1.29 is 19.7 Å². The molecule has 0 aromatic heterocycles. The highest BCUT2D eigenvalue weighted by Gasteiger charge is 2.80. The van der Waals surface area contributed by atoms with Crippen molar-refractivity contribution in [2.75, 3.05) is 13.7 Å². The van der Waals surface area contributed by atoms with Crippen LogP contribution in [-0.2, 0) is 9.53 Å². The minimum atomic E-state index is -0.113. The zero-order valence-electron chi connectivity index (χ0n) is 24.5. The maximum Gasteiger partial charge on any atom is 0.216 e. The van der Waals surface area contributed by atoms with E-state index in [4.69, 9.17) is 9.84 Å². The SMILES string of the molecule is C#C.C#C.CC(=O)NCCC1CCC2C(CC3C4CCC5C(C)(C)[C@@H](O)CC[C@@]56C[C@@]46CC[C@]23C)O1.CO. The van der Waals surface area contributed by atoms with Crippen molar-refractivity contribution >= 4 is 5.91 Å². The van der Waals surface area contributed by atoms with E-state index in [-0.39, 0.29) is 17.4 Å².